The van der Waals surface area contributed by atoms with Gasteiger partial charge in [-0.3, -0.25) is 26.0 Å². The Hall–Kier alpha value is -11.1. The van der Waals surface area contributed by atoms with Crippen molar-refractivity contribution in [2.75, 3.05) is 54.8 Å². The van der Waals surface area contributed by atoms with E-state index in [1.165, 1.54) is 54.2 Å². The average Bonchev–Trinajstić information content (AvgIpc) is 1.67. The van der Waals surface area contributed by atoms with E-state index in [-0.39, 0.29) is 123 Å². The molecular formula is C73H43F8IrN18OPtRh-3. The maximum absolute atomic E-state index is 16.1. The van der Waals surface area contributed by atoms with Crippen molar-refractivity contribution in [3.05, 3.63) is 269 Å². The van der Waals surface area contributed by atoms with E-state index in [1.54, 1.807) is 15.7 Å². The van der Waals surface area contributed by atoms with Crippen LogP contribution in [0.3, 0.4) is 0 Å². The second kappa shape index (κ2) is 29.5. The van der Waals surface area contributed by atoms with Crippen LogP contribution in [-0.2, 0) is 60.6 Å². The molecule has 0 spiro atoms. The summed E-state index contributed by atoms with van der Waals surface area (Å²) in [6.45, 7) is 5.28. The van der Waals surface area contributed by atoms with E-state index in [2.05, 4.69) is 96.5 Å². The summed E-state index contributed by atoms with van der Waals surface area (Å²) in [6.07, 6.45) is 14.4. The van der Waals surface area contributed by atoms with Gasteiger partial charge in [-0.1, -0.05) is 126 Å². The number of pyridine rings is 6. The predicted molar refractivity (Wildman–Crippen MR) is 348 cm³/mol. The van der Waals surface area contributed by atoms with Crippen molar-refractivity contribution in [1.82, 2.24) is 48.9 Å². The minimum atomic E-state index is -1.22. The van der Waals surface area contributed by atoms with Crippen molar-refractivity contribution in [2.45, 2.75) is 0 Å². The van der Waals surface area contributed by atoms with E-state index in [1.807, 2.05) is 177 Å². The molecule has 0 unspecified atom stereocenters. The zero-order valence-corrected chi connectivity index (χ0v) is 59.9. The van der Waals surface area contributed by atoms with Crippen LogP contribution in [0.4, 0.5) is 97.7 Å². The van der Waals surface area contributed by atoms with E-state index in [9.17, 15) is 26.3 Å². The molecule has 0 N–H and O–H groups in total. The van der Waals surface area contributed by atoms with E-state index in [0.29, 0.717) is 34.1 Å². The van der Waals surface area contributed by atoms with E-state index in [4.69, 9.17) is 4.74 Å². The number of nitrogens with zero attached hydrogens (tertiary/aromatic N) is 18. The first kappa shape index (κ1) is 71.7. The standard InChI is InChI=1S/C58H38F4N15O.C15H5F4N3.Ir.Pt.Rh/c1-66-19-22-71(32-66)46-28-50(73-24-21-68(3)34-73)53(30-48(46)76-35-69(4)42-13-6-8-15-44(42)76)78-54-31-49(77-36-70(5)43-14-7-9-16-45(43)77)47(72-23-20-67(2)33-72)29-51(54)74-25-26-75(37-74)52-27-39(57(61)65-58(52)62)41-12-10-11-40(63-41)38-17-18-55(59)64-56(38)60;16-12-6-4-8(14(18)21-12)10-2-1-3-11(20-10)9-5-7-13(17)22-15(9)19;;;/h6-16,18-26,33-34,37H,1-5H3;1-3,6-7H;;;/q-3;-2;;+2;. The van der Waals surface area contributed by atoms with Gasteiger partial charge >= 0.3 is 39.1 Å². The predicted octanol–water partition coefficient (Wildman–Crippen LogP) is 12.8. The number of hydrogen-bond donors (Lipinski definition) is 0. The third-order valence-corrected chi connectivity index (χ3v) is 15.7. The molecule has 16 rings (SSSR count). The molecule has 2 radical (unpaired) electrons. The molecule has 19 nitrogen and oxygen atoms in total. The summed E-state index contributed by atoms with van der Waals surface area (Å²) in [5.74, 6) is -8.51. The van der Waals surface area contributed by atoms with Gasteiger partial charge in [0.2, 0.25) is 12.4 Å². The van der Waals surface area contributed by atoms with Gasteiger partial charge in [-0.05, 0) is 79.8 Å². The van der Waals surface area contributed by atoms with Gasteiger partial charge in [0.05, 0.1) is 11.4 Å². The Morgan fingerprint density at radius 1 is 0.408 bits per heavy atom. The van der Waals surface area contributed by atoms with Crippen LogP contribution in [0.25, 0.3) is 45.0 Å². The monoisotopic (exact) mass is 1830 g/mol. The van der Waals surface area contributed by atoms with E-state index in [0.717, 1.165) is 40.9 Å². The Morgan fingerprint density at radius 3 is 1.29 bits per heavy atom. The molecule has 0 bridgehead atoms. The molecule has 6 aliphatic rings. The molecular weight excluding hydrogens is 1790 g/mol. The number of rotatable bonds is 13. The fourth-order valence-corrected chi connectivity index (χ4v) is 11.1. The largest absolute Gasteiger partial charge is 2.00 e. The Bertz CT molecular complexity index is 5440. The number of benzene rings is 4. The summed E-state index contributed by atoms with van der Waals surface area (Å²) in [4.78, 5) is 31.8. The van der Waals surface area contributed by atoms with Gasteiger partial charge in [0.15, 0.2) is 21.1 Å². The molecule has 6 aliphatic heterocycles. The molecule has 0 aliphatic carbocycles. The number of hydrogen-bond acceptors (Lipinski definition) is 13. The van der Waals surface area contributed by atoms with Gasteiger partial charge in [-0.2, -0.15) is 43.5 Å². The summed E-state index contributed by atoms with van der Waals surface area (Å²) in [7, 11) is 9.51. The molecule has 4 aromatic carbocycles. The van der Waals surface area contributed by atoms with E-state index >= 15 is 8.78 Å². The molecule has 0 amide bonds. The van der Waals surface area contributed by atoms with Gasteiger partial charge in [0.1, 0.15) is 47.6 Å². The quantitative estimate of drug-likeness (QED) is 0.0358. The number of para-hydroxylation sites is 4. The summed E-state index contributed by atoms with van der Waals surface area (Å²) in [5, 5.41) is 0. The van der Waals surface area contributed by atoms with Crippen LogP contribution in [0.1, 0.15) is 0 Å². The SMILES string of the molecule is CN1C=CN(c2[c-]c([N+]3=C=[N+](C)C=C3)c([N+]3=C=[N+](C)c4ccccc43)[c-]c2Oc2[c-]c([N+]3=C=[N+](C)c4ccccc43)c(N3C=CN(C)[CH-]3)[c-]c2N2C=CN(c3[c-]c(-c4cccc(-c5[c-]cc(F)nc5F)n4)c(F)nc3F)[CH-]2)[CH-]1.Fc1c[c-]c(-c2cccc(-c3[c-]cc(F)nc3F)n2)c(F)n1.[Ir].[Pt+2].[Rh]. The zero-order chi connectivity index (χ0) is 69.2. The number of fused-ring (bicyclic) bond motifs is 2. The smallest absolute Gasteiger partial charge is 0.620 e. The van der Waals surface area contributed by atoms with Crippen LogP contribution < -0.4 is 33.5 Å². The summed E-state index contributed by atoms with van der Waals surface area (Å²) in [5.41, 5.74) is 5.18. The first-order chi connectivity index (χ1) is 48.4. The van der Waals surface area contributed by atoms with Gasteiger partial charge in [-0.25, -0.2) is 41.2 Å². The first-order valence-electron chi connectivity index (χ1n) is 30.0. The topological polar surface area (TPSA) is 124 Å². The normalized spacial score (nSPS) is 14.3. The second-order valence-electron chi connectivity index (χ2n) is 22.4. The Balaban J connectivity index is 0.000000342. The molecule has 6 aromatic heterocycles. The average molecular weight is 1830 g/mol. The summed E-state index contributed by atoms with van der Waals surface area (Å²) in [6, 6.07) is 61.9. The minimum Gasteiger partial charge on any atom is -0.620 e. The second-order valence-corrected chi connectivity index (χ2v) is 22.4. The van der Waals surface area contributed by atoms with Crippen LogP contribution in [0.15, 0.2) is 153 Å². The van der Waals surface area contributed by atoms with Gasteiger partial charge in [0, 0.05) is 69.5 Å². The Labute approximate surface area is 624 Å². The van der Waals surface area contributed by atoms with Crippen LogP contribution in [0.5, 0.6) is 11.5 Å². The van der Waals surface area contributed by atoms with Gasteiger partial charge < -0.3 is 44.1 Å². The van der Waals surface area contributed by atoms with Gasteiger partial charge in [0.25, 0.3) is 22.7 Å². The number of aromatic nitrogens is 6. The van der Waals surface area contributed by atoms with Gasteiger partial charge in [-0.15, -0.1) is 43.7 Å². The van der Waals surface area contributed by atoms with E-state index < -0.39 is 47.6 Å². The molecule has 0 fully saturated rings. The molecule has 30 heteroatoms. The van der Waals surface area contributed by atoms with Crippen LogP contribution in [0.2, 0.25) is 0 Å². The molecule has 518 valence electrons. The maximum Gasteiger partial charge on any atom is 2.00 e. The molecule has 12 heterocycles. The number of anilines is 4. The Morgan fingerprint density at radius 2 is 0.825 bits per heavy atom. The molecule has 0 saturated carbocycles. The van der Waals surface area contributed by atoms with Crippen LogP contribution in [0, 0.1) is 116 Å². The van der Waals surface area contributed by atoms with Crippen molar-refractivity contribution in [3.8, 4) is 56.5 Å². The van der Waals surface area contributed by atoms with Crippen molar-refractivity contribution >= 4 is 80.6 Å². The fraction of sp³-hybridized carbons (Fsp3) is 0.0685. The third-order valence-electron chi connectivity index (χ3n) is 15.7. The number of halogens is 8. The molecule has 103 heavy (non-hydrogen) atoms. The fourth-order valence-electron chi connectivity index (χ4n) is 11.1. The molecule has 0 saturated heterocycles. The third kappa shape index (κ3) is 14.1. The molecule has 10 aromatic rings. The van der Waals surface area contributed by atoms with Crippen molar-refractivity contribution < 1.29 is 119 Å². The molecule has 0 atom stereocenters. The number of ether oxygens (including phenoxy) is 1. The zero-order valence-electron chi connectivity index (χ0n) is 53.6. The minimum absolute atomic E-state index is 0. The maximum atomic E-state index is 16.1. The van der Waals surface area contributed by atoms with Crippen LogP contribution >= 0.6 is 0 Å². The van der Waals surface area contributed by atoms with Crippen molar-refractivity contribution in [1.29, 1.82) is 0 Å². The van der Waals surface area contributed by atoms with Crippen molar-refractivity contribution in [3.63, 3.8) is 0 Å². The Kier molecular flexibility index (Phi) is 20.5. The summed E-state index contributed by atoms with van der Waals surface area (Å²) >= 11 is 0. The summed E-state index contributed by atoms with van der Waals surface area (Å²) < 4.78 is 132. The van der Waals surface area contributed by atoms with Crippen LogP contribution in [-0.4, -0.2) is 111 Å². The first-order valence-corrected chi connectivity index (χ1v) is 30.0. The van der Waals surface area contributed by atoms with Crippen molar-refractivity contribution in [2.24, 2.45) is 0 Å².